The highest BCUT2D eigenvalue weighted by molar-refractivity contribution is 5.67. The van der Waals surface area contributed by atoms with Gasteiger partial charge in [0.25, 0.3) is 0 Å². The molecule has 0 radical (unpaired) electrons. The van der Waals surface area contributed by atoms with E-state index in [1.54, 1.807) is 0 Å². The number of fused-ring (bicyclic) bond motifs is 1. The molecule has 1 heterocycles. The number of nitrogens with zero attached hydrogens (tertiary/aromatic N) is 1. The summed E-state index contributed by atoms with van der Waals surface area (Å²) in [6.07, 6.45) is 3.20. The Morgan fingerprint density at radius 2 is 2.00 bits per heavy atom. The van der Waals surface area contributed by atoms with Crippen molar-refractivity contribution in [1.29, 1.82) is 0 Å². The Morgan fingerprint density at radius 3 is 2.69 bits per heavy atom. The summed E-state index contributed by atoms with van der Waals surface area (Å²) in [4.78, 5) is 2.34. The van der Waals surface area contributed by atoms with Crippen LogP contribution in [-0.4, -0.2) is 10.4 Å². The molecule has 0 saturated carbocycles. The van der Waals surface area contributed by atoms with Crippen LogP contribution in [0.15, 0.2) is 30.5 Å². The first-order valence-electron chi connectivity index (χ1n) is 5.87. The average molecular weight is 216 g/mol. The fourth-order valence-corrected chi connectivity index (χ4v) is 2.00. The zero-order chi connectivity index (χ0) is 11.8. The fraction of sp³-hybridized carbons (Fsp3) is 0.429. The first kappa shape index (κ1) is 11.1. The van der Waals surface area contributed by atoms with Gasteiger partial charge in [0.05, 0.1) is 5.70 Å². The first-order valence-corrected chi connectivity index (χ1v) is 5.87. The van der Waals surface area contributed by atoms with Gasteiger partial charge in [-0.1, -0.05) is 31.2 Å². The maximum Gasteiger partial charge on any atom is 0.0553 e. The summed E-state index contributed by atoms with van der Waals surface area (Å²) in [5.74, 6) is 0. The number of rotatable bonds is 2. The van der Waals surface area contributed by atoms with Crippen molar-refractivity contribution in [3.05, 3.63) is 41.6 Å². The molecule has 2 heteroatoms. The van der Waals surface area contributed by atoms with Crippen LogP contribution in [0, 0.1) is 0 Å². The molecule has 0 fully saturated rings. The van der Waals surface area contributed by atoms with Gasteiger partial charge in [-0.3, -0.25) is 0 Å². The molecule has 1 aliphatic rings. The smallest absolute Gasteiger partial charge is 0.0553 e. The van der Waals surface area contributed by atoms with E-state index in [-0.39, 0.29) is 5.54 Å². The Labute approximate surface area is 97.8 Å². The topological polar surface area (TPSA) is 29.3 Å². The summed E-state index contributed by atoms with van der Waals surface area (Å²) in [7, 11) is 0. The molecule has 0 spiro atoms. The van der Waals surface area contributed by atoms with E-state index in [1.165, 1.54) is 11.1 Å². The highest BCUT2D eigenvalue weighted by Gasteiger charge is 2.26. The lowest BCUT2D eigenvalue weighted by molar-refractivity contribution is 0.169. The van der Waals surface area contributed by atoms with Crippen molar-refractivity contribution in [2.45, 2.75) is 39.3 Å². The average Bonchev–Trinajstić information content (AvgIpc) is 2.29. The van der Waals surface area contributed by atoms with Gasteiger partial charge in [0.15, 0.2) is 0 Å². The predicted molar refractivity (Wildman–Crippen MR) is 68.5 cm³/mol. The normalized spacial score (nSPS) is 15.7. The Bertz CT molecular complexity index is 418. The second-order valence-corrected chi connectivity index (χ2v) is 5.04. The fourth-order valence-electron chi connectivity index (χ4n) is 2.00. The second-order valence-electron chi connectivity index (χ2n) is 5.04. The number of benzene rings is 1. The van der Waals surface area contributed by atoms with Crippen molar-refractivity contribution >= 4 is 5.70 Å². The van der Waals surface area contributed by atoms with Crippen molar-refractivity contribution in [1.82, 2.24) is 4.90 Å². The Balaban J connectivity index is 2.37. The molecular formula is C14H20N2. The Kier molecular flexibility index (Phi) is 2.66. The lowest BCUT2D eigenvalue weighted by Crippen LogP contribution is -2.41. The van der Waals surface area contributed by atoms with Gasteiger partial charge in [0, 0.05) is 23.8 Å². The summed E-state index contributed by atoms with van der Waals surface area (Å²) in [5, 5.41) is 0. The van der Waals surface area contributed by atoms with E-state index in [2.05, 4.69) is 50.1 Å². The van der Waals surface area contributed by atoms with Crippen LogP contribution in [-0.2, 0) is 6.54 Å². The molecule has 0 atom stereocenters. The highest BCUT2D eigenvalue weighted by atomic mass is 15.2. The molecule has 2 rings (SSSR count). The van der Waals surface area contributed by atoms with Gasteiger partial charge >= 0.3 is 0 Å². The van der Waals surface area contributed by atoms with Crippen LogP contribution in [0.4, 0.5) is 0 Å². The standard InChI is InChI=1S/C14H20N2/c1-4-14(2,3)16-9-11-7-5-6-8-12(11)13(15)10-16/h5-8,10H,4,9,15H2,1-3H3. The van der Waals surface area contributed by atoms with Gasteiger partial charge in [-0.05, 0) is 25.8 Å². The summed E-state index contributed by atoms with van der Waals surface area (Å²) < 4.78 is 0. The molecule has 1 aliphatic heterocycles. The first-order chi connectivity index (χ1) is 7.54. The van der Waals surface area contributed by atoms with Crippen molar-refractivity contribution in [3.63, 3.8) is 0 Å². The van der Waals surface area contributed by atoms with E-state index in [9.17, 15) is 0 Å². The Hall–Kier alpha value is -1.44. The van der Waals surface area contributed by atoms with E-state index in [0.29, 0.717) is 0 Å². The van der Waals surface area contributed by atoms with Gasteiger partial charge < -0.3 is 10.6 Å². The van der Waals surface area contributed by atoms with E-state index in [4.69, 9.17) is 5.73 Å². The van der Waals surface area contributed by atoms with Gasteiger partial charge in [-0.25, -0.2) is 0 Å². The molecule has 0 saturated heterocycles. The minimum atomic E-state index is 0.165. The number of nitrogens with two attached hydrogens (primary N) is 1. The zero-order valence-corrected chi connectivity index (χ0v) is 10.3. The third-order valence-corrected chi connectivity index (χ3v) is 3.61. The zero-order valence-electron chi connectivity index (χ0n) is 10.3. The monoisotopic (exact) mass is 216 g/mol. The lowest BCUT2D eigenvalue weighted by atomic mass is 9.94. The van der Waals surface area contributed by atoms with E-state index < -0.39 is 0 Å². The van der Waals surface area contributed by atoms with Gasteiger partial charge in [-0.2, -0.15) is 0 Å². The summed E-state index contributed by atoms with van der Waals surface area (Å²) in [6.45, 7) is 7.68. The molecular weight excluding hydrogens is 196 g/mol. The van der Waals surface area contributed by atoms with Crippen molar-refractivity contribution < 1.29 is 0 Å². The van der Waals surface area contributed by atoms with Crippen LogP contribution in [0.5, 0.6) is 0 Å². The summed E-state index contributed by atoms with van der Waals surface area (Å²) in [6, 6.07) is 8.38. The maximum absolute atomic E-state index is 6.11. The second kappa shape index (κ2) is 3.85. The van der Waals surface area contributed by atoms with E-state index in [1.807, 2.05) is 6.07 Å². The number of hydrogen-bond acceptors (Lipinski definition) is 2. The third kappa shape index (κ3) is 1.80. The van der Waals surface area contributed by atoms with Gasteiger partial charge in [-0.15, -0.1) is 0 Å². The molecule has 1 aromatic rings. The van der Waals surface area contributed by atoms with Crippen molar-refractivity contribution in [3.8, 4) is 0 Å². The van der Waals surface area contributed by atoms with Gasteiger partial charge in [0.2, 0.25) is 0 Å². The van der Waals surface area contributed by atoms with Crippen molar-refractivity contribution in [2.75, 3.05) is 0 Å². The Morgan fingerprint density at radius 1 is 1.31 bits per heavy atom. The quantitative estimate of drug-likeness (QED) is 0.823. The van der Waals surface area contributed by atoms with Gasteiger partial charge in [0.1, 0.15) is 0 Å². The molecule has 0 amide bonds. The highest BCUT2D eigenvalue weighted by Crippen LogP contribution is 2.29. The lowest BCUT2D eigenvalue weighted by Gasteiger charge is -2.40. The molecule has 0 aliphatic carbocycles. The van der Waals surface area contributed by atoms with Crippen LogP contribution in [0.3, 0.4) is 0 Å². The van der Waals surface area contributed by atoms with E-state index >= 15 is 0 Å². The number of hydrogen-bond donors (Lipinski definition) is 1. The molecule has 0 unspecified atom stereocenters. The third-order valence-electron chi connectivity index (χ3n) is 3.61. The largest absolute Gasteiger partial charge is 0.397 e. The maximum atomic E-state index is 6.11. The minimum absolute atomic E-state index is 0.165. The predicted octanol–water partition coefficient (Wildman–Crippen LogP) is 2.95. The SMILES string of the molecule is CCC(C)(C)N1C=C(N)c2ccccc2C1. The molecule has 0 bridgehead atoms. The molecule has 1 aromatic carbocycles. The summed E-state index contributed by atoms with van der Waals surface area (Å²) >= 11 is 0. The minimum Gasteiger partial charge on any atom is -0.397 e. The van der Waals surface area contributed by atoms with Crippen LogP contribution in [0.2, 0.25) is 0 Å². The molecule has 0 aromatic heterocycles. The molecule has 2 nitrogen and oxygen atoms in total. The molecule has 16 heavy (non-hydrogen) atoms. The van der Waals surface area contributed by atoms with Crippen LogP contribution in [0.1, 0.15) is 38.3 Å². The van der Waals surface area contributed by atoms with Crippen LogP contribution < -0.4 is 5.73 Å². The molecule has 86 valence electrons. The van der Waals surface area contributed by atoms with Crippen LogP contribution in [0.25, 0.3) is 5.70 Å². The van der Waals surface area contributed by atoms with E-state index in [0.717, 1.165) is 18.7 Å². The van der Waals surface area contributed by atoms with Crippen molar-refractivity contribution in [2.24, 2.45) is 5.73 Å². The van der Waals surface area contributed by atoms with Crippen LogP contribution >= 0.6 is 0 Å². The summed E-state index contributed by atoms with van der Waals surface area (Å²) in [5.41, 5.74) is 9.66. The molecule has 2 N–H and O–H groups in total.